The van der Waals surface area contributed by atoms with Gasteiger partial charge in [0.2, 0.25) is 0 Å². The van der Waals surface area contributed by atoms with Crippen LogP contribution in [0.5, 0.6) is 0 Å². The average molecular weight is 308 g/mol. The summed E-state index contributed by atoms with van der Waals surface area (Å²) >= 11 is 12.0. The van der Waals surface area contributed by atoms with Crippen molar-refractivity contribution >= 4 is 45.5 Å². The van der Waals surface area contributed by atoms with Gasteiger partial charge in [-0.1, -0.05) is 53.5 Å². The maximum atomic E-state index is 13.8. The van der Waals surface area contributed by atoms with Crippen LogP contribution in [0.3, 0.4) is 0 Å². The zero-order chi connectivity index (χ0) is 14.1. The SMILES string of the molecule is Fc1cccc(Cl)c1Nc1nnc(Cl)c2ccccc12. The van der Waals surface area contributed by atoms with E-state index in [1.165, 1.54) is 12.1 Å². The number of hydrogen-bond acceptors (Lipinski definition) is 3. The summed E-state index contributed by atoms with van der Waals surface area (Å²) in [5.74, 6) is -0.0599. The van der Waals surface area contributed by atoms with Gasteiger partial charge in [-0.05, 0) is 12.1 Å². The molecular weight excluding hydrogens is 300 g/mol. The second-order valence-corrected chi connectivity index (χ2v) is 4.87. The predicted molar refractivity (Wildman–Crippen MR) is 79.2 cm³/mol. The quantitative estimate of drug-likeness (QED) is 0.737. The Labute approximate surface area is 124 Å². The first-order valence-electron chi connectivity index (χ1n) is 5.79. The topological polar surface area (TPSA) is 37.8 Å². The Hall–Kier alpha value is -1.91. The minimum Gasteiger partial charge on any atom is -0.335 e. The van der Waals surface area contributed by atoms with E-state index in [1.807, 2.05) is 24.3 Å². The average Bonchev–Trinajstić information content (AvgIpc) is 2.46. The molecule has 0 saturated heterocycles. The minimum absolute atomic E-state index is 0.163. The van der Waals surface area contributed by atoms with Crippen molar-refractivity contribution in [1.29, 1.82) is 0 Å². The molecular formula is C14H8Cl2FN3. The van der Waals surface area contributed by atoms with Crippen molar-refractivity contribution in [2.24, 2.45) is 0 Å². The number of halogens is 3. The molecule has 1 aromatic heterocycles. The maximum Gasteiger partial charge on any atom is 0.161 e. The van der Waals surface area contributed by atoms with Gasteiger partial charge in [0.05, 0.1) is 10.7 Å². The number of para-hydroxylation sites is 1. The number of benzene rings is 2. The lowest BCUT2D eigenvalue weighted by Crippen LogP contribution is -2.00. The van der Waals surface area contributed by atoms with E-state index < -0.39 is 5.82 Å². The van der Waals surface area contributed by atoms with E-state index >= 15 is 0 Å². The van der Waals surface area contributed by atoms with Crippen LogP contribution >= 0.6 is 23.2 Å². The van der Waals surface area contributed by atoms with Crippen LogP contribution < -0.4 is 5.32 Å². The molecule has 0 unspecified atom stereocenters. The van der Waals surface area contributed by atoms with Gasteiger partial charge in [-0.25, -0.2) is 4.39 Å². The largest absolute Gasteiger partial charge is 0.335 e. The first kappa shape index (κ1) is 13.1. The molecule has 1 N–H and O–H groups in total. The third-order valence-electron chi connectivity index (χ3n) is 2.85. The molecule has 1 heterocycles. The number of fused-ring (bicyclic) bond motifs is 1. The normalized spacial score (nSPS) is 10.8. The molecule has 3 nitrogen and oxygen atoms in total. The molecule has 0 bridgehead atoms. The van der Waals surface area contributed by atoms with Crippen molar-refractivity contribution < 1.29 is 4.39 Å². The van der Waals surface area contributed by atoms with Crippen LogP contribution in [-0.2, 0) is 0 Å². The molecule has 0 aliphatic heterocycles. The summed E-state index contributed by atoms with van der Waals surface area (Å²) in [5, 5.41) is 12.7. The van der Waals surface area contributed by atoms with Crippen molar-refractivity contribution in [3.05, 3.63) is 58.5 Å². The summed E-state index contributed by atoms with van der Waals surface area (Å²) in [5.41, 5.74) is 0.163. The zero-order valence-corrected chi connectivity index (χ0v) is 11.6. The fourth-order valence-corrected chi connectivity index (χ4v) is 2.31. The number of anilines is 2. The molecule has 0 aliphatic carbocycles. The van der Waals surface area contributed by atoms with E-state index in [1.54, 1.807) is 6.07 Å². The lowest BCUT2D eigenvalue weighted by atomic mass is 10.2. The van der Waals surface area contributed by atoms with Crippen molar-refractivity contribution in [1.82, 2.24) is 10.2 Å². The molecule has 0 radical (unpaired) electrons. The number of aromatic nitrogens is 2. The second kappa shape index (κ2) is 5.23. The standard InChI is InChI=1S/C14H8Cl2FN3/c15-10-6-3-7-11(17)12(10)18-14-9-5-2-1-4-8(9)13(16)19-20-14/h1-7H,(H,18,20). The summed E-state index contributed by atoms with van der Waals surface area (Å²) in [6, 6.07) is 11.8. The smallest absolute Gasteiger partial charge is 0.161 e. The third-order valence-corrected chi connectivity index (χ3v) is 3.44. The van der Waals surface area contributed by atoms with Crippen LogP contribution in [0.1, 0.15) is 0 Å². The lowest BCUT2D eigenvalue weighted by molar-refractivity contribution is 0.632. The number of nitrogens with zero attached hydrogens (tertiary/aromatic N) is 2. The fourth-order valence-electron chi connectivity index (χ4n) is 1.90. The molecule has 0 amide bonds. The van der Waals surface area contributed by atoms with Crippen LogP contribution in [-0.4, -0.2) is 10.2 Å². The Bertz CT molecular complexity index is 772. The molecule has 6 heteroatoms. The maximum absolute atomic E-state index is 13.8. The molecule has 100 valence electrons. The number of nitrogens with one attached hydrogen (secondary N) is 1. The number of rotatable bonds is 2. The van der Waals surface area contributed by atoms with Gasteiger partial charge in [-0.3, -0.25) is 0 Å². The van der Waals surface area contributed by atoms with Gasteiger partial charge in [0.1, 0.15) is 5.82 Å². The highest BCUT2D eigenvalue weighted by Gasteiger charge is 2.12. The highest BCUT2D eigenvalue weighted by atomic mass is 35.5. The first-order chi connectivity index (χ1) is 9.66. The van der Waals surface area contributed by atoms with Crippen LogP contribution in [0.4, 0.5) is 15.9 Å². The summed E-state index contributed by atoms with van der Waals surface area (Å²) < 4.78 is 13.8. The monoisotopic (exact) mass is 307 g/mol. The van der Waals surface area contributed by atoms with Gasteiger partial charge < -0.3 is 5.32 Å². The Morgan fingerprint density at radius 1 is 0.900 bits per heavy atom. The van der Waals surface area contributed by atoms with Gasteiger partial charge >= 0.3 is 0 Å². The van der Waals surface area contributed by atoms with Crippen molar-refractivity contribution in [3.63, 3.8) is 0 Å². The molecule has 0 atom stereocenters. The highest BCUT2D eigenvalue weighted by molar-refractivity contribution is 6.35. The molecule has 0 saturated carbocycles. The number of hydrogen-bond donors (Lipinski definition) is 1. The third kappa shape index (κ3) is 2.28. The van der Waals surface area contributed by atoms with Gasteiger partial charge in [0.15, 0.2) is 11.0 Å². The summed E-state index contributed by atoms with van der Waals surface area (Å²) in [6.45, 7) is 0. The van der Waals surface area contributed by atoms with E-state index in [4.69, 9.17) is 23.2 Å². The molecule has 0 aliphatic rings. The van der Waals surface area contributed by atoms with Gasteiger partial charge in [-0.2, -0.15) is 0 Å². The second-order valence-electron chi connectivity index (χ2n) is 4.11. The molecule has 3 rings (SSSR count). The Kier molecular flexibility index (Phi) is 3.42. The van der Waals surface area contributed by atoms with E-state index in [2.05, 4.69) is 15.5 Å². The Morgan fingerprint density at radius 3 is 2.40 bits per heavy atom. The predicted octanol–water partition coefficient (Wildman–Crippen LogP) is 4.82. The highest BCUT2D eigenvalue weighted by Crippen LogP contribution is 2.31. The van der Waals surface area contributed by atoms with E-state index in [0.29, 0.717) is 11.0 Å². The van der Waals surface area contributed by atoms with Crippen LogP contribution in [0.15, 0.2) is 42.5 Å². The fraction of sp³-hybridized carbons (Fsp3) is 0. The van der Waals surface area contributed by atoms with E-state index in [-0.39, 0.29) is 10.7 Å². The minimum atomic E-state index is -0.460. The van der Waals surface area contributed by atoms with Crippen molar-refractivity contribution in [2.45, 2.75) is 0 Å². The lowest BCUT2D eigenvalue weighted by Gasteiger charge is -2.10. The molecule has 2 aromatic carbocycles. The van der Waals surface area contributed by atoms with Gasteiger partial charge in [-0.15, -0.1) is 10.2 Å². The Balaban J connectivity index is 2.14. The summed E-state index contributed by atoms with van der Waals surface area (Å²) in [6.07, 6.45) is 0. The zero-order valence-electron chi connectivity index (χ0n) is 10.1. The molecule has 3 aromatic rings. The summed E-state index contributed by atoms with van der Waals surface area (Å²) in [4.78, 5) is 0. The molecule has 20 heavy (non-hydrogen) atoms. The van der Waals surface area contributed by atoms with Crippen LogP contribution in [0.25, 0.3) is 10.8 Å². The molecule has 0 fully saturated rings. The van der Waals surface area contributed by atoms with Gasteiger partial charge in [0, 0.05) is 10.8 Å². The van der Waals surface area contributed by atoms with Crippen molar-refractivity contribution in [2.75, 3.05) is 5.32 Å². The van der Waals surface area contributed by atoms with Crippen LogP contribution in [0.2, 0.25) is 10.2 Å². The van der Waals surface area contributed by atoms with Gasteiger partial charge in [0.25, 0.3) is 0 Å². The van der Waals surface area contributed by atoms with E-state index in [0.717, 1.165) is 10.8 Å². The molecule has 0 spiro atoms. The Morgan fingerprint density at radius 2 is 1.65 bits per heavy atom. The first-order valence-corrected chi connectivity index (χ1v) is 6.54. The summed E-state index contributed by atoms with van der Waals surface area (Å²) in [7, 11) is 0. The van der Waals surface area contributed by atoms with Crippen LogP contribution in [0, 0.1) is 5.82 Å². The van der Waals surface area contributed by atoms with Crippen molar-refractivity contribution in [3.8, 4) is 0 Å². The van der Waals surface area contributed by atoms with E-state index in [9.17, 15) is 4.39 Å².